The largest absolute Gasteiger partial charge is 0.319 e. The van der Waals surface area contributed by atoms with Gasteiger partial charge in [0.1, 0.15) is 12.1 Å². The molecule has 13 heavy (non-hydrogen) atoms. The molecule has 0 saturated carbocycles. The van der Waals surface area contributed by atoms with Crippen molar-refractivity contribution in [3.8, 4) is 0 Å². The smallest absolute Gasteiger partial charge is 0.139 e. The van der Waals surface area contributed by atoms with Gasteiger partial charge < -0.3 is 10.5 Å². The van der Waals surface area contributed by atoms with Crippen molar-refractivity contribution in [2.24, 2.45) is 5.73 Å². The fraction of sp³-hybridized carbons (Fsp3) is 0.300. The van der Waals surface area contributed by atoms with Crippen molar-refractivity contribution in [1.82, 2.24) is 0 Å². The Kier molecular flexibility index (Phi) is 2.78. The van der Waals surface area contributed by atoms with Crippen LogP contribution in [-0.2, 0) is 11.2 Å². The SMILES string of the molecule is CC(N)(C=O)Cc1ccccc1F. The minimum atomic E-state index is -0.984. The fourth-order valence-electron chi connectivity index (χ4n) is 1.09. The Morgan fingerprint density at radius 3 is 2.69 bits per heavy atom. The Bertz CT molecular complexity index is 310. The number of rotatable bonds is 3. The molecule has 0 radical (unpaired) electrons. The Morgan fingerprint density at radius 2 is 2.15 bits per heavy atom. The average Bonchev–Trinajstić information content (AvgIpc) is 2.09. The first-order valence-electron chi connectivity index (χ1n) is 4.04. The number of benzene rings is 1. The van der Waals surface area contributed by atoms with Gasteiger partial charge in [-0.25, -0.2) is 4.39 Å². The molecule has 2 nitrogen and oxygen atoms in total. The van der Waals surface area contributed by atoms with Gasteiger partial charge in [0.15, 0.2) is 0 Å². The van der Waals surface area contributed by atoms with Crippen LogP contribution in [0.25, 0.3) is 0 Å². The van der Waals surface area contributed by atoms with Crippen molar-refractivity contribution in [3.63, 3.8) is 0 Å². The van der Waals surface area contributed by atoms with Gasteiger partial charge in [0.2, 0.25) is 0 Å². The van der Waals surface area contributed by atoms with E-state index in [9.17, 15) is 9.18 Å². The van der Waals surface area contributed by atoms with Crippen LogP contribution < -0.4 is 5.73 Å². The number of aldehydes is 1. The summed E-state index contributed by atoms with van der Waals surface area (Å²) in [5, 5.41) is 0. The van der Waals surface area contributed by atoms with Crippen molar-refractivity contribution in [2.75, 3.05) is 0 Å². The zero-order chi connectivity index (χ0) is 9.90. The number of hydrogen-bond acceptors (Lipinski definition) is 2. The summed E-state index contributed by atoms with van der Waals surface area (Å²) in [6.07, 6.45) is 0.864. The van der Waals surface area contributed by atoms with Gasteiger partial charge in [-0.05, 0) is 25.0 Å². The second-order valence-corrected chi connectivity index (χ2v) is 3.39. The van der Waals surface area contributed by atoms with Gasteiger partial charge in [0.25, 0.3) is 0 Å². The van der Waals surface area contributed by atoms with Crippen LogP contribution in [0.3, 0.4) is 0 Å². The summed E-state index contributed by atoms with van der Waals surface area (Å²) in [4.78, 5) is 10.5. The molecule has 0 aromatic heterocycles. The standard InChI is InChI=1S/C10H12FNO/c1-10(12,7-13)6-8-4-2-3-5-9(8)11/h2-5,7H,6,12H2,1H3. The number of carbonyl (C=O) groups is 1. The molecule has 0 aliphatic carbocycles. The van der Waals surface area contributed by atoms with E-state index in [1.54, 1.807) is 25.1 Å². The van der Waals surface area contributed by atoms with Crippen molar-refractivity contribution in [1.29, 1.82) is 0 Å². The van der Waals surface area contributed by atoms with Crippen molar-refractivity contribution >= 4 is 6.29 Å². The summed E-state index contributed by atoms with van der Waals surface area (Å²) in [5.41, 5.74) is 5.07. The van der Waals surface area contributed by atoms with Gasteiger partial charge in [-0.15, -0.1) is 0 Å². The molecule has 3 heteroatoms. The Labute approximate surface area is 76.6 Å². The Balaban J connectivity index is 2.86. The van der Waals surface area contributed by atoms with E-state index in [1.165, 1.54) is 6.07 Å². The van der Waals surface area contributed by atoms with E-state index in [1.807, 2.05) is 0 Å². The van der Waals surface area contributed by atoms with E-state index in [4.69, 9.17) is 5.73 Å². The third-order valence-electron chi connectivity index (χ3n) is 1.80. The van der Waals surface area contributed by atoms with Gasteiger partial charge in [0, 0.05) is 0 Å². The number of carbonyl (C=O) groups excluding carboxylic acids is 1. The zero-order valence-electron chi connectivity index (χ0n) is 7.46. The maximum Gasteiger partial charge on any atom is 0.139 e. The molecule has 1 aromatic rings. The van der Waals surface area contributed by atoms with Crippen LogP contribution in [0.15, 0.2) is 24.3 Å². The summed E-state index contributed by atoms with van der Waals surface area (Å²) < 4.78 is 13.1. The molecule has 0 bridgehead atoms. The molecule has 0 fully saturated rings. The highest BCUT2D eigenvalue weighted by Crippen LogP contribution is 2.12. The number of hydrogen-bond donors (Lipinski definition) is 1. The lowest BCUT2D eigenvalue weighted by Crippen LogP contribution is -2.40. The molecule has 0 aliphatic heterocycles. The highest BCUT2D eigenvalue weighted by molar-refractivity contribution is 5.63. The van der Waals surface area contributed by atoms with E-state index >= 15 is 0 Å². The molecular weight excluding hydrogens is 169 g/mol. The summed E-state index contributed by atoms with van der Waals surface area (Å²) in [6, 6.07) is 6.31. The summed E-state index contributed by atoms with van der Waals surface area (Å²) >= 11 is 0. The molecule has 2 N–H and O–H groups in total. The molecule has 1 aromatic carbocycles. The Morgan fingerprint density at radius 1 is 1.54 bits per heavy atom. The first-order chi connectivity index (χ1) is 6.05. The van der Waals surface area contributed by atoms with E-state index in [0.717, 1.165) is 0 Å². The van der Waals surface area contributed by atoms with Crippen LogP contribution in [0, 0.1) is 5.82 Å². The van der Waals surface area contributed by atoms with E-state index in [2.05, 4.69) is 0 Å². The highest BCUT2D eigenvalue weighted by atomic mass is 19.1. The van der Waals surface area contributed by atoms with E-state index in [-0.39, 0.29) is 12.2 Å². The maximum absolute atomic E-state index is 13.1. The predicted molar refractivity (Wildman–Crippen MR) is 48.8 cm³/mol. The van der Waals surface area contributed by atoms with Crippen LogP contribution in [0.1, 0.15) is 12.5 Å². The van der Waals surface area contributed by atoms with Crippen LogP contribution in [-0.4, -0.2) is 11.8 Å². The molecule has 0 amide bonds. The third-order valence-corrected chi connectivity index (χ3v) is 1.80. The number of nitrogens with two attached hydrogens (primary N) is 1. The fourth-order valence-corrected chi connectivity index (χ4v) is 1.09. The molecule has 1 rings (SSSR count). The highest BCUT2D eigenvalue weighted by Gasteiger charge is 2.19. The maximum atomic E-state index is 13.1. The van der Waals surface area contributed by atoms with Gasteiger partial charge in [-0.3, -0.25) is 0 Å². The molecule has 0 aliphatic rings. The van der Waals surface area contributed by atoms with Crippen molar-refractivity contribution in [3.05, 3.63) is 35.6 Å². The second kappa shape index (κ2) is 3.66. The lowest BCUT2D eigenvalue weighted by molar-refractivity contribution is -0.111. The number of halogens is 1. The molecule has 1 atom stereocenters. The van der Waals surface area contributed by atoms with Crippen LogP contribution in [0.4, 0.5) is 4.39 Å². The topological polar surface area (TPSA) is 43.1 Å². The normalized spacial score (nSPS) is 15.0. The first kappa shape index (κ1) is 9.86. The summed E-state index contributed by atoms with van der Waals surface area (Å²) in [6.45, 7) is 1.58. The van der Waals surface area contributed by atoms with Crippen molar-refractivity contribution in [2.45, 2.75) is 18.9 Å². The van der Waals surface area contributed by atoms with Gasteiger partial charge in [-0.2, -0.15) is 0 Å². The van der Waals surface area contributed by atoms with Crippen LogP contribution in [0.5, 0.6) is 0 Å². The molecule has 0 spiro atoms. The van der Waals surface area contributed by atoms with E-state index < -0.39 is 5.54 Å². The average molecular weight is 181 g/mol. The molecule has 0 saturated heterocycles. The summed E-state index contributed by atoms with van der Waals surface area (Å²) in [7, 11) is 0. The predicted octanol–water partition coefficient (Wildman–Crippen LogP) is 1.28. The van der Waals surface area contributed by atoms with Crippen molar-refractivity contribution < 1.29 is 9.18 Å². The molecule has 0 heterocycles. The minimum Gasteiger partial charge on any atom is -0.319 e. The zero-order valence-corrected chi connectivity index (χ0v) is 7.46. The van der Waals surface area contributed by atoms with Gasteiger partial charge in [0.05, 0.1) is 5.54 Å². The molecule has 70 valence electrons. The lowest BCUT2D eigenvalue weighted by atomic mass is 9.95. The molecular formula is C10H12FNO. The van der Waals surface area contributed by atoms with Gasteiger partial charge in [-0.1, -0.05) is 18.2 Å². The molecule has 1 unspecified atom stereocenters. The Hall–Kier alpha value is -1.22. The first-order valence-corrected chi connectivity index (χ1v) is 4.04. The summed E-state index contributed by atoms with van der Waals surface area (Å²) in [5.74, 6) is -0.318. The van der Waals surface area contributed by atoms with Crippen LogP contribution >= 0.6 is 0 Å². The minimum absolute atomic E-state index is 0.225. The van der Waals surface area contributed by atoms with Gasteiger partial charge >= 0.3 is 0 Å². The lowest BCUT2D eigenvalue weighted by Gasteiger charge is -2.16. The quantitative estimate of drug-likeness (QED) is 0.714. The second-order valence-electron chi connectivity index (χ2n) is 3.39. The monoisotopic (exact) mass is 181 g/mol. The van der Waals surface area contributed by atoms with Crippen LogP contribution in [0.2, 0.25) is 0 Å². The van der Waals surface area contributed by atoms with E-state index in [0.29, 0.717) is 11.8 Å². The third kappa shape index (κ3) is 2.63.